The predicted octanol–water partition coefficient (Wildman–Crippen LogP) is 0.880. The molecule has 3 heterocycles. The van der Waals surface area contributed by atoms with Crippen molar-refractivity contribution in [2.45, 2.75) is 38.5 Å². The first-order valence-electron chi connectivity index (χ1n) is 8.44. The summed E-state index contributed by atoms with van der Waals surface area (Å²) in [4.78, 5) is 14.7. The van der Waals surface area contributed by atoms with Gasteiger partial charge in [-0.3, -0.25) is 14.6 Å². The Morgan fingerprint density at radius 2 is 2.32 bits per heavy atom. The Hall–Kier alpha value is -2.74. The number of aliphatic hydroxyl groups is 1. The van der Waals surface area contributed by atoms with Crippen molar-refractivity contribution in [3.8, 4) is 0 Å². The zero-order valence-corrected chi connectivity index (χ0v) is 13.8. The number of aliphatic hydroxyl groups excluding tert-OH is 1. The number of rotatable bonds is 5. The van der Waals surface area contributed by atoms with E-state index < -0.39 is 0 Å². The minimum atomic E-state index is -0.121. The van der Waals surface area contributed by atoms with Gasteiger partial charge in [0.15, 0.2) is 0 Å². The number of nitrogens with zero attached hydrogens (tertiary/aromatic N) is 5. The third kappa shape index (κ3) is 3.25. The maximum absolute atomic E-state index is 12.8. The summed E-state index contributed by atoms with van der Waals surface area (Å²) in [5, 5.41) is 24.9. The number of carbonyl (C=O) groups is 1. The Kier molecular flexibility index (Phi) is 4.19. The smallest absolute Gasteiger partial charge is 0.227 e. The highest BCUT2D eigenvalue weighted by molar-refractivity contribution is 5.83. The first-order valence-corrected chi connectivity index (χ1v) is 8.44. The third-order valence-corrected chi connectivity index (χ3v) is 4.70. The fraction of sp³-hybridized carbons (Fsp3) is 0.412. The summed E-state index contributed by atoms with van der Waals surface area (Å²) < 4.78 is 1.71. The van der Waals surface area contributed by atoms with Crippen molar-refractivity contribution in [2.24, 2.45) is 0 Å². The van der Waals surface area contributed by atoms with Crippen LogP contribution < -0.4 is 0 Å². The lowest BCUT2D eigenvalue weighted by Crippen LogP contribution is -2.39. The summed E-state index contributed by atoms with van der Waals surface area (Å²) in [6.07, 6.45) is 5.84. The minimum absolute atomic E-state index is 0.121. The quantitative estimate of drug-likeness (QED) is 0.718. The highest BCUT2D eigenvalue weighted by Crippen LogP contribution is 2.21. The number of aromatic amines is 1. The van der Waals surface area contributed by atoms with E-state index in [1.807, 2.05) is 23.1 Å². The molecule has 2 N–H and O–H groups in total. The normalized spacial score (nSPS) is 17.5. The van der Waals surface area contributed by atoms with E-state index in [2.05, 4.69) is 20.5 Å². The summed E-state index contributed by atoms with van der Waals surface area (Å²) in [6, 6.07) is 6.05. The number of hydrogen-bond acceptors (Lipinski definition) is 5. The van der Waals surface area contributed by atoms with Gasteiger partial charge in [0, 0.05) is 11.9 Å². The summed E-state index contributed by atoms with van der Waals surface area (Å²) in [7, 11) is 0. The van der Waals surface area contributed by atoms with Gasteiger partial charge in [0.25, 0.3) is 0 Å². The van der Waals surface area contributed by atoms with Crippen LogP contribution in [0.1, 0.15) is 24.1 Å². The molecule has 8 nitrogen and oxygen atoms in total. The van der Waals surface area contributed by atoms with E-state index >= 15 is 0 Å². The molecule has 8 heteroatoms. The van der Waals surface area contributed by atoms with Gasteiger partial charge in [0.05, 0.1) is 43.5 Å². The van der Waals surface area contributed by atoms with Crippen molar-refractivity contribution in [1.82, 2.24) is 30.1 Å². The molecule has 3 aromatic rings. The topological polar surface area (TPSA) is 99.9 Å². The van der Waals surface area contributed by atoms with Gasteiger partial charge in [0.2, 0.25) is 5.91 Å². The average Bonchev–Trinajstić information content (AvgIpc) is 3.35. The van der Waals surface area contributed by atoms with Crippen LogP contribution in [0.3, 0.4) is 0 Å². The molecule has 1 amide bonds. The van der Waals surface area contributed by atoms with Gasteiger partial charge in [-0.1, -0.05) is 11.3 Å². The largest absolute Gasteiger partial charge is 0.390 e. The summed E-state index contributed by atoms with van der Waals surface area (Å²) in [5.41, 5.74) is 2.51. The van der Waals surface area contributed by atoms with Crippen LogP contribution in [0.4, 0.5) is 0 Å². The lowest BCUT2D eigenvalue weighted by Gasteiger charge is -2.24. The predicted molar refractivity (Wildman–Crippen MR) is 90.5 cm³/mol. The molecule has 2 aromatic heterocycles. The molecule has 130 valence electrons. The van der Waals surface area contributed by atoms with Crippen LogP contribution in [0.15, 0.2) is 30.6 Å². The van der Waals surface area contributed by atoms with Crippen molar-refractivity contribution in [3.05, 3.63) is 41.9 Å². The van der Waals surface area contributed by atoms with Gasteiger partial charge in [-0.2, -0.15) is 5.10 Å². The molecule has 1 fully saturated rings. The lowest BCUT2D eigenvalue weighted by atomic mass is 10.1. The van der Waals surface area contributed by atoms with E-state index in [0.29, 0.717) is 18.7 Å². The maximum atomic E-state index is 12.8. The van der Waals surface area contributed by atoms with Gasteiger partial charge in [0.1, 0.15) is 5.69 Å². The number of nitrogens with one attached hydrogen (secondary N) is 1. The maximum Gasteiger partial charge on any atom is 0.227 e. The summed E-state index contributed by atoms with van der Waals surface area (Å²) in [6.45, 7) is 1.27. The molecule has 0 unspecified atom stereocenters. The number of H-pyrrole nitrogens is 1. The highest BCUT2D eigenvalue weighted by atomic mass is 16.3. The van der Waals surface area contributed by atoms with Crippen molar-refractivity contribution in [1.29, 1.82) is 0 Å². The molecule has 0 aliphatic carbocycles. The Morgan fingerprint density at radius 1 is 1.40 bits per heavy atom. The lowest BCUT2D eigenvalue weighted by molar-refractivity contribution is -0.131. The molecule has 1 aliphatic heterocycles. The molecule has 0 bridgehead atoms. The van der Waals surface area contributed by atoms with Crippen molar-refractivity contribution >= 4 is 16.8 Å². The second kappa shape index (κ2) is 6.64. The van der Waals surface area contributed by atoms with E-state index in [1.165, 1.54) is 0 Å². The number of carbonyl (C=O) groups excluding carboxylic acids is 1. The van der Waals surface area contributed by atoms with E-state index in [9.17, 15) is 4.79 Å². The zero-order chi connectivity index (χ0) is 17.2. The van der Waals surface area contributed by atoms with Crippen LogP contribution in [-0.2, 0) is 24.4 Å². The summed E-state index contributed by atoms with van der Waals surface area (Å²) >= 11 is 0. The van der Waals surface area contributed by atoms with Gasteiger partial charge >= 0.3 is 0 Å². The summed E-state index contributed by atoms with van der Waals surface area (Å²) in [5.74, 6) is 0.132. The second-order valence-electron chi connectivity index (χ2n) is 6.44. The van der Waals surface area contributed by atoms with Gasteiger partial charge in [-0.25, -0.2) is 0 Å². The SMILES string of the molecule is O=C(Cc1ccc2[nH]ncc2c1)N1CCC[C@H]1Cn1cc(CO)nn1. The molecule has 1 aliphatic rings. The van der Waals surface area contributed by atoms with E-state index in [0.717, 1.165) is 35.9 Å². The van der Waals surface area contributed by atoms with Crippen LogP contribution in [0.2, 0.25) is 0 Å². The number of likely N-dealkylation sites (tertiary alicyclic amines) is 1. The Bertz CT molecular complexity index is 886. The first-order chi connectivity index (χ1) is 12.2. The number of benzene rings is 1. The average molecular weight is 340 g/mol. The van der Waals surface area contributed by atoms with Crippen LogP contribution >= 0.6 is 0 Å². The molecule has 0 spiro atoms. The van der Waals surface area contributed by atoms with Gasteiger partial charge < -0.3 is 10.0 Å². The standard InChI is InChI=1S/C17H20N6O2/c24-11-14-9-22(21-19-14)10-15-2-1-5-23(15)17(25)7-12-3-4-16-13(6-12)8-18-20-16/h3-4,6,8-9,15,24H,1-2,5,7,10-11H2,(H,18,20)/t15-/m0/s1. The third-order valence-electron chi connectivity index (χ3n) is 4.70. The van der Waals surface area contributed by atoms with E-state index in [4.69, 9.17) is 5.11 Å². The second-order valence-corrected chi connectivity index (χ2v) is 6.44. The molecular formula is C17H20N6O2. The number of aromatic nitrogens is 5. The minimum Gasteiger partial charge on any atom is -0.390 e. The Balaban J connectivity index is 1.44. The molecule has 1 saturated heterocycles. The highest BCUT2D eigenvalue weighted by Gasteiger charge is 2.29. The van der Waals surface area contributed by atoms with Crippen LogP contribution in [0.5, 0.6) is 0 Å². The van der Waals surface area contributed by atoms with Crippen LogP contribution in [0, 0.1) is 0 Å². The van der Waals surface area contributed by atoms with Crippen molar-refractivity contribution in [3.63, 3.8) is 0 Å². The monoisotopic (exact) mass is 340 g/mol. The van der Waals surface area contributed by atoms with Gasteiger partial charge in [-0.15, -0.1) is 5.10 Å². The Morgan fingerprint density at radius 3 is 3.16 bits per heavy atom. The van der Waals surface area contributed by atoms with Crippen molar-refractivity contribution < 1.29 is 9.90 Å². The molecule has 25 heavy (non-hydrogen) atoms. The molecule has 0 saturated carbocycles. The molecule has 0 radical (unpaired) electrons. The Labute approximate surface area is 144 Å². The van der Waals surface area contributed by atoms with Gasteiger partial charge in [-0.05, 0) is 30.5 Å². The van der Waals surface area contributed by atoms with Crippen LogP contribution in [0.25, 0.3) is 10.9 Å². The fourth-order valence-electron chi connectivity index (χ4n) is 3.45. The first kappa shape index (κ1) is 15.8. The number of amides is 1. The molecule has 1 atom stereocenters. The zero-order valence-electron chi connectivity index (χ0n) is 13.8. The number of hydrogen-bond donors (Lipinski definition) is 2. The van der Waals surface area contributed by atoms with E-state index in [-0.39, 0.29) is 18.6 Å². The van der Waals surface area contributed by atoms with Crippen molar-refractivity contribution in [2.75, 3.05) is 6.54 Å². The molecule has 4 rings (SSSR count). The van der Waals surface area contributed by atoms with E-state index in [1.54, 1.807) is 17.1 Å². The fourth-order valence-corrected chi connectivity index (χ4v) is 3.45. The number of fused-ring (bicyclic) bond motifs is 1. The molecular weight excluding hydrogens is 320 g/mol. The van der Waals surface area contributed by atoms with Crippen LogP contribution in [-0.4, -0.2) is 53.7 Å². The molecule has 1 aromatic carbocycles.